The number of hydrogen-bond donors (Lipinski definition) is 1. The predicted octanol–water partition coefficient (Wildman–Crippen LogP) is 7.47. The zero-order valence-electron chi connectivity index (χ0n) is 20.3. The van der Waals surface area contributed by atoms with Crippen LogP contribution in [0.4, 0.5) is 5.69 Å². The van der Waals surface area contributed by atoms with E-state index >= 15 is 0 Å². The predicted molar refractivity (Wildman–Crippen MR) is 146 cm³/mol. The van der Waals surface area contributed by atoms with Crippen LogP contribution < -0.4 is 14.8 Å². The third-order valence-corrected chi connectivity index (χ3v) is 6.02. The van der Waals surface area contributed by atoms with E-state index in [0.717, 1.165) is 22.3 Å². The van der Waals surface area contributed by atoms with Gasteiger partial charge >= 0.3 is 0 Å². The first-order valence-electron chi connectivity index (χ1n) is 11.1. The first-order valence-corrected chi connectivity index (χ1v) is 11.9. The molecule has 0 aliphatic rings. The summed E-state index contributed by atoms with van der Waals surface area (Å²) in [4.78, 5) is 12.8. The van der Waals surface area contributed by atoms with Crippen LogP contribution in [0.3, 0.4) is 0 Å². The topological polar surface area (TPSA) is 71.4 Å². The number of rotatable bonds is 9. The van der Waals surface area contributed by atoms with Crippen molar-refractivity contribution in [2.45, 2.75) is 26.9 Å². The summed E-state index contributed by atoms with van der Waals surface area (Å²) in [5.41, 5.74) is 4.79. The van der Waals surface area contributed by atoms with Gasteiger partial charge in [-0.15, -0.1) is 6.58 Å². The molecule has 0 bridgehead atoms. The van der Waals surface area contributed by atoms with Gasteiger partial charge in [-0.25, -0.2) is 0 Å². The molecule has 0 unspecified atom stereocenters. The molecule has 0 saturated carbocycles. The van der Waals surface area contributed by atoms with Crippen LogP contribution in [-0.2, 0) is 17.8 Å². The van der Waals surface area contributed by atoms with Crippen molar-refractivity contribution in [3.63, 3.8) is 0 Å². The molecule has 3 aromatic carbocycles. The maximum atomic E-state index is 12.8. The zero-order chi connectivity index (χ0) is 26.2. The van der Waals surface area contributed by atoms with Crippen LogP contribution in [0.15, 0.2) is 66.8 Å². The Labute approximate surface area is 221 Å². The number of benzene rings is 3. The Bertz CT molecular complexity index is 1370. The second-order valence-corrected chi connectivity index (χ2v) is 9.01. The van der Waals surface area contributed by atoms with Crippen molar-refractivity contribution in [3.8, 4) is 17.6 Å². The first kappa shape index (κ1) is 26.9. The fourth-order valence-corrected chi connectivity index (χ4v) is 4.10. The Balaban J connectivity index is 1.91. The first-order chi connectivity index (χ1) is 17.2. The van der Waals surface area contributed by atoms with Crippen molar-refractivity contribution in [1.29, 1.82) is 5.26 Å². The van der Waals surface area contributed by atoms with Gasteiger partial charge in [-0.1, -0.05) is 53.0 Å². The number of anilines is 1. The number of nitriles is 1. The number of halogens is 2. The van der Waals surface area contributed by atoms with E-state index in [1.807, 2.05) is 44.2 Å². The smallest absolute Gasteiger partial charge is 0.266 e. The highest BCUT2D eigenvalue weighted by molar-refractivity contribution is 6.35. The molecule has 0 aliphatic carbocycles. The average molecular weight is 521 g/mol. The van der Waals surface area contributed by atoms with Gasteiger partial charge in [0, 0.05) is 26.9 Å². The third kappa shape index (κ3) is 6.69. The van der Waals surface area contributed by atoms with Gasteiger partial charge < -0.3 is 14.8 Å². The molecule has 1 amide bonds. The monoisotopic (exact) mass is 520 g/mol. The molecule has 36 heavy (non-hydrogen) atoms. The molecule has 3 aromatic rings. The minimum atomic E-state index is -0.494. The van der Waals surface area contributed by atoms with E-state index in [9.17, 15) is 10.1 Å². The largest absolute Gasteiger partial charge is 0.493 e. The van der Waals surface area contributed by atoms with E-state index in [4.69, 9.17) is 32.7 Å². The molecule has 0 spiro atoms. The number of allylic oxidation sites excluding steroid dienone is 1. The molecule has 0 atom stereocenters. The molecule has 3 rings (SSSR count). The number of aryl methyl sites for hydroxylation is 2. The lowest BCUT2D eigenvalue weighted by molar-refractivity contribution is -0.112. The number of nitrogens with one attached hydrogen (secondary N) is 1. The lowest BCUT2D eigenvalue weighted by atomic mass is 10.0. The maximum Gasteiger partial charge on any atom is 0.266 e. The van der Waals surface area contributed by atoms with Crippen molar-refractivity contribution in [2.24, 2.45) is 0 Å². The van der Waals surface area contributed by atoms with E-state index in [1.54, 1.807) is 30.3 Å². The van der Waals surface area contributed by atoms with E-state index < -0.39 is 5.91 Å². The summed E-state index contributed by atoms with van der Waals surface area (Å²) in [5, 5.41) is 13.5. The highest BCUT2D eigenvalue weighted by Crippen LogP contribution is 2.35. The number of nitrogens with zero attached hydrogens (tertiary/aromatic N) is 1. The van der Waals surface area contributed by atoms with Gasteiger partial charge in [-0.3, -0.25) is 4.79 Å². The number of carbonyl (C=O) groups excluding carboxylic acids is 1. The summed E-state index contributed by atoms with van der Waals surface area (Å²) >= 11 is 12.3. The molecule has 7 heteroatoms. The van der Waals surface area contributed by atoms with Crippen LogP contribution in [-0.4, -0.2) is 13.0 Å². The van der Waals surface area contributed by atoms with Gasteiger partial charge in [0.05, 0.1) is 7.11 Å². The van der Waals surface area contributed by atoms with Crippen LogP contribution in [0.2, 0.25) is 10.0 Å². The molecule has 1 N–H and O–H groups in total. The number of methoxy groups -OCH3 is 1. The molecule has 0 aromatic heterocycles. The second kappa shape index (κ2) is 12.3. The fraction of sp³-hybridized carbons (Fsp3) is 0.172. The van der Waals surface area contributed by atoms with Gasteiger partial charge in [0.25, 0.3) is 5.91 Å². The van der Waals surface area contributed by atoms with Gasteiger partial charge in [0.15, 0.2) is 11.5 Å². The molecule has 0 aliphatic heterocycles. The molecule has 0 radical (unpaired) electrons. The third-order valence-electron chi connectivity index (χ3n) is 5.43. The molecular weight excluding hydrogens is 495 g/mol. The summed E-state index contributed by atoms with van der Waals surface area (Å²) in [7, 11) is 1.53. The fourth-order valence-electron chi connectivity index (χ4n) is 3.64. The minimum absolute atomic E-state index is 0.0387. The van der Waals surface area contributed by atoms with Gasteiger partial charge in [0.2, 0.25) is 0 Å². The number of amides is 1. The van der Waals surface area contributed by atoms with E-state index in [-0.39, 0.29) is 12.2 Å². The standard InChI is InChI=1S/C29H26Cl2N2O3/c1-5-6-21-12-20(13-23(16-32)29(34)33-26-10-7-18(2)11-19(26)3)14-27(35-4)28(21)36-17-22-8-9-24(30)15-25(22)31/h5,7-15H,1,6,17H2,2-4H3,(H,33,34)/b23-13+. The summed E-state index contributed by atoms with van der Waals surface area (Å²) in [6.45, 7) is 7.91. The van der Waals surface area contributed by atoms with Gasteiger partial charge in [-0.2, -0.15) is 5.26 Å². The normalized spacial score (nSPS) is 10.9. The van der Waals surface area contributed by atoms with E-state index in [0.29, 0.717) is 39.2 Å². The van der Waals surface area contributed by atoms with Crippen LogP contribution in [0.5, 0.6) is 11.5 Å². The molecule has 5 nitrogen and oxygen atoms in total. The molecular formula is C29H26Cl2N2O3. The molecule has 0 heterocycles. The van der Waals surface area contributed by atoms with Crippen molar-refractivity contribution in [2.75, 3.05) is 12.4 Å². The van der Waals surface area contributed by atoms with E-state index in [2.05, 4.69) is 11.9 Å². The number of carbonyl (C=O) groups is 1. The molecule has 0 saturated heterocycles. The quantitative estimate of drug-likeness (QED) is 0.180. The molecule has 0 fully saturated rings. The number of ether oxygens (including phenoxy) is 2. The van der Waals surface area contributed by atoms with Crippen molar-refractivity contribution in [1.82, 2.24) is 0 Å². The van der Waals surface area contributed by atoms with Crippen molar-refractivity contribution < 1.29 is 14.3 Å². The summed E-state index contributed by atoms with van der Waals surface area (Å²) in [6, 6.07) is 16.4. The van der Waals surface area contributed by atoms with Crippen LogP contribution in [0, 0.1) is 25.2 Å². The number of hydrogen-bond acceptors (Lipinski definition) is 4. The Morgan fingerprint density at radius 3 is 2.53 bits per heavy atom. The van der Waals surface area contributed by atoms with Gasteiger partial charge in [-0.05, 0) is 67.8 Å². The Morgan fingerprint density at radius 1 is 1.11 bits per heavy atom. The van der Waals surface area contributed by atoms with E-state index in [1.165, 1.54) is 13.2 Å². The minimum Gasteiger partial charge on any atom is -0.493 e. The lowest BCUT2D eigenvalue weighted by Crippen LogP contribution is -2.14. The zero-order valence-corrected chi connectivity index (χ0v) is 21.8. The SMILES string of the molecule is C=CCc1cc(/C=C(\C#N)C(=O)Nc2ccc(C)cc2C)cc(OC)c1OCc1ccc(Cl)cc1Cl. The van der Waals surface area contributed by atoms with Crippen LogP contribution in [0.1, 0.15) is 27.8 Å². The van der Waals surface area contributed by atoms with Crippen LogP contribution in [0.25, 0.3) is 6.08 Å². The lowest BCUT2D eigenvalue weighted by Gasteiger charge is -2.16. The van der Waals surface area contributed by atoms with Crippen LogP contribution >= 0.6 is 23.2 Å². The highest BCUT2D eigenvalue weighted by Gasteiger charge is 2.16. The highest BCUT2D eigenvalue weighted by atomic mass is 35.5. The summed E-state index contributed by atoms with van der Waals surface area (Å²) < 4.78 is 11.7. The molecule has 184 valence electrons. The Hall–Kier alpha value is -3.72. The Kier molecular flexibility index (Phi) is 9.19. The summed E-state index contributed by atoms with van der Waals surface area (Å²) in [6.07, 6.45) is 3.74. The maximum absolute atomic E-state index is 12.8. The summed E-state index contributed by atoms with van der Waals surface area (Å²) in [5.74, 6) is 0.489. The Morgan fingerprint density at radius 2 is 1.89 bits per heavy atom. The second-order valence-electron chi connectivity index (χ2n) is 8.17. The average Bonchev–Trinajstić information content (AvgIpc) is 2.84. The van der Waals surface area contributed by atoms with Gasteiger partial charge in [0.1, 0.15) is 18.2 Å². The van der Waals surface area contributed by atoms with Crippen molar-refractivity contribution in [3.05, 3.63) is 105 Å². The van der Waals surface area contributed by atoms with Crippen molar-refractivity contribution >= 4 is 40.9 Å².